The number of amides is 1. The Morgan fingerprint density at radius 3 is 2.56 bits per heavy atom. The largest absolute Gasteiger partial charge is 0.387 e. The van der Waals surface area contributed by atoms with Gasteiger partial charge in [0.1, 0.15) is 5.01 Å². The van der Waals surface area contributed by atoms with Gasteiger partial charge >= 0.3 is 0 Å². The number of rotatable bonds is 4. The van der Waals surface area contributed by atoms with Crippen LogP contribution in [-0.2, 0) is 4.79 Å². The monoisotopic (exact) mass is 376 g/mol. The van der Waals surface area contributed by atoms with Crippen LogP contribution >= 0.6 is 22.9 Å². The van der Waals surface area contributed by atoms with Crippen LogP contribution in [0.4, 0.5) is 5.69 Å². The van der Waals surface area contributed by atoms with Crippen molar-refractivity contribution >= 4 is 44.7 Å². The summed E-state index contributed by atoms with van der Waals surface area (Å²) < 4.78 is 0.903. The molecular weight excluding hydrogens is 360 g/mol. The fourth-order valence-electron chi connectivity index (χ4n) is 2.25. The first-order valence-electron chi connectivity index (χ1n) is 7.62. The van der Waals surface area contributed by atoms with E-state index in [1.165, 1.54) is 25.2 Å². The van der Waals surface area contributed by atoms with Crippen molar-refractivity contribution in [3.63, 3.8) is 0 Å². The number of aliphatic hydroxyl groups excluding tert-OH is 1. The molecular formula is C18H17ClN2O3S. The van der Waals surface area contributed by atoms with E-state index < -0.39 is 17.6 Å². The number of halogens is 1. The van der Waals surface area contributed by atoms with Crippen molar-refractivity contribution in [2.24, 2.45) is 0 Å². The minimum atomic E-state index is -1.52. The number of anilines is 1. The van der Waals surface area contributed by atoms with Gasteiger partial charge in [-0.05, 0) is 44.2 Å². The summed E-state index contributed by atoms with van der Waals surface area (Å²) in [7, 11) is 0. The zero-order chi connectivity index (χ0) is 18.2. The van der Waals surface area contributed by atoms with Crippen molar-refractivity contribution in [3.8, 4) is 10.6 Å². The summed E-state index contributed by atoms with van der Waals surface area (Å²) in [6.45, 7) is 2.75. The van der Waals surface area contributed by atoms with Crippen molar-refractivity contribution in [1.82, 2.24) is 4.98 Å². The Kier molecular flexibility index (Phi) is 4.79. The Hall–Kier alpha value is -1.99. The molecule has 130 valence electrons. The zero-order valence-electron chi connectivity index (χ0n) is 13.7. The third-order valence-electron chi connectivity index (χ3n) is 3.66. The van der Waals surface area contributed by atoms with E-state index in [1.54, 1.807) is 18.2 Å². The molecule has 0 saturated heterocycles. The van der Waals surface area contributed by atoms with Crippen LogP contribution in [0, 0.1) is 0 Å². The highest BCUT2D eigenvalue weighted by atomic mass is 35.5. The molecule has 0 bridgehead atoms. The van der Waals surface area contributed by atoms with Crippen LogP contribution in [0.5, 0.6) is 0 Å². The van der Waals surface area contributed by atoms with Crippen LogP contribution in [0.3, 0.4) is 0 Å². The van der Waals surface area contributed by atoms with Gasteiger partial charge in [-0.15, -0.1) is 11.3 Å². The van der Waals surface area contributed by atoms with Crippen molar-refractivity contribution in [3.05, 3.63) is 47.5 Å². The Morgan fingerprint density at radius 2 is 1.92 bits per heavy atom. The number of nitrogens with zero attached hydrogens (tertiary/aromatic N) is 1. The number of aromatic nitrogens is 1. The molecule has 5 nitrogen and oxygen atoms in total. The SMILES string of the molecule is CC(C)(O)C(O)C(=O)Nc1ccc2nc(-c3ccc(Cl)cc3)sc2c1. The lowest BCUT2D eigenvalue weighted by molar-refractivity contribution is -0.136. The molecule has 0 aliphatic heterocycles. The second-order valence-corrected chi connectivity index (χ2v) is 7.72. The number of nitrogens with one attached hydrogen (secondary N) is 1. The number of aliphatic hydroxyl groups is 2. The molecule has 1 amide bonds. The second-order valence-electron chi connectivity index (χ2n) is 6.25. The summed E-state index contributed by atoms with van der Waals surface area (Å²) in [5.74, 6) is -0.658. The maximum atomic E-state index is 12.0. The normalized spacial score (nSPS) is 13.0. The molecule has 1 heterocycles. The van der Waals surface area contributed by atoms with Gasteiger partial charge in [0, 0.05) is 16.3 Å². The van der Waals surface area contributed by atoms with E-state index >= 15 is 0 Å². The second kappa shape index (κ2) is 6.72. The van der Waals surface area contributed by atoms with Crippen molar-refractivity contribution < 1.29 is 15.0 Å². The van der Waals surface area contributed by atoms with E-state index in [0.717, 1.165) is 20.8 Å². The molecule has 0 spiro atoms. The summed E-state index contributed by atoms with van der Waals surface area (Å²) in [4.78, 5) is 16.6. The van der Waals surface area contributed by atoms with Gasteiger partial charge in [0.25, 0.3) is 5.91 Å². The Bertz CT molecular complexity index is 916. The van der Waals surface area contributed by atoms with Gasteiger partial charge in [-0.25, -0.2) is 4.98 Å². The summed E-state index contributed by atoms with van der Waals surface area (Å²) in [5.41, 5.74) is 0.803. The maximum Gasteiger partial charge on any atom is 0.256 e. The van der Waals surface area contributed by atoms with Crippen LogP contribution in [-0.4, -0.2) is 32.8 Å². The average Bonchev–Trinajstić information content (AvgIpc) is 2.97. The number of carbonyl (C=O) groups is 1. The first kappa shape index (κ1) is 17.8. The van der Waals surface area contributed by atoms with E-state index in [4.69, 9.17) is 11.6 Å². The van der Waals surface area contributed by atoms with Gasteiger partial charge in [0.15, 0.2) is 6.10 Å². The highest BCUT2D eigenvalue weighted by Crippen LogP contribution is 2.32. The molecule has 3 aromatic rings. The van der Waals surface area contributed by atoms with Crippen LogP contribution in [0.2, 0.25) is 5.02 Å². The van der Waals surface area contributed by atoms with Crippen molar-refractivity contribution in [2.75, 3.05) is 5.32 Å². The van der Waals surface area contributed by atoms with Crippen LogP contribution in [0.25, 0.3) is 20.8 Å². The van der Waals surface area contributed by atoms with Gasteiger partial charge in [-0.3, -0.25) is 4.79 Å². The molecule has 0 radical (unpaired) electrons. The third kappa shape index (κ3) is 3.99. The molecule has 0 aliphatic carbocycles. The lowest BCUT2D eigenvalue weighted by Crippen LogP contribution is -2.44. The standard InChI is InChI=1S/C18H17ClN2O3S/c1-18(2,24)15(22)16(23)20-12-7-8-13-14(9-12)25-17(21-13)10-3-5-11(19)6-4-10/h3-9,15,22,24H,1-2H3,(H,20,23). The summed E-state index contributed by atoms with van der Waals surface area (Å²) >= 11 is 7.40. The topological polar surface area (TPSA) is 82.5 Å². The molecule has 25 heavy (non-hydrogen) atoms. The van der Waals surface area contributed by atoms with E-state index in [-0.39, 0.29) is 0 Å². The van der Waals surface area contributed by atoms with Gasteiger partial charge in [0.05, 0.1) is 15.8 Å². The molecule has 0 aliphatic rings. The lowest BCUT2D eigenvalue weighted by atomic mass is 10.0. The Labute approximate surface area is 153 Å². The summed E-state index contributed by atoms with van der Waals surface area (Å²) in [6.07, 6.45) is -1.52. The first-order chi connectivity index (χ1) is 11.7. The predicted molar refractivity (Wildman–Crippen MR) is 101 cm³/mol. The molecule has 2 aromatic carbocycles. The maximum absolute atomic E-state index is 12.0. The van der Waals surface area contributed by atoms with Gasteiger partial charge in [-0.1, -0.05) is 23.7 Å². The molecule has 0 fully saturated rings. The fourth-order valence-corrected chi connectivity index (χ4v) is 3.39. The van der Waals surface area contributed by atoms with Crippen LogP contribution < -0.4 is 5.32 Å². The zero-order valence-corrected chi connectivity index (χ0v) is 15.2. The third-order valence-corrected chi connectivity index (χ3v) is 4.98. The minimum Gasteiger partial charge on any atom is -0.387 e. The molecule has 1 unspecified atom stereocenters. The van der Waals surface area contributed by atoms with Crippen LogP contribution in [0.15, 0.2) is 42.5 Å². The van der Waals surface area contributed by atoms with Crippen LogP contribution in [0.1, 0.15) is 13.8 Å². The van der Waals surface area contributed by atoms with Crippen molar-refractivity contribution in [2.45, 2.75) is 25.6 Å². The lowest BCUT2D eigenvalue weighted by Gasteiger charge is -2.23. The number of carbonyl (C=O) groups excluding carboxylic acids is 1. The van der Waals surface area contributed by atoms with E-state index in [9.17, 15) is 15.0 Å². The quantitative estimate of drug-likeness (QED) is 0.648. The Balaban J connectivity index is 1.85. The number of hydrogen-bond acceptors (Lipinski definition) is 5. The van der Waals surface area contributed by atoms with Gasteiger partial charge in [0.2, 0.25) is 0 Å². The number of fused-ring (bicyclic) bond motifs is 1. The smallest absolute Gasteiger partial charge is 0.256 e. The van der Waals surface area contributed by atoms with Crippen molar-refractivity contribution in [1.29, 1.82) is 0 Å². The molecule has 3 rings (SSSR count). The fraction of sp³-hybridized carbons (Fsp3) is 0.222. The minimum absolute atomic E-state index is 0.534. The van der Waals surface area contributed by atoms with Gasteiger partial charge < -0.3 is 15.5 Å². The number of benzene rings is 2. The first-order valence-corrected chi connectivity index (χ1v) is 8.81. The highest BCUT2D eigenvalue weighted by molar-refractivity contribution is 7.21. The molecule has 0 saturated carbocycles. The molecule has 7 heteroatoms. The average molecular weight is 377 g/mol. The highest BCUT2D eigenvalue weighted by Gasteiger charge is 2.31. The Morgan fingerprint density at radius 1 is 1.24 bits per heavy atom. The predicted octanol–water partition coefficient (Wildman–Crippen LogP) is 3.69. The van der Waals surface area contributed by atoms with Gasteiger partial charge in [-0.2, -0.15) is 0 Å². The molecule has 1 aromatic heterocycles. The molecule has 3 N–H and O–H groups in total. The number of thiazole rings is 1. The van der Waals surface area contributed by atoms with E-state index in [1.807, 2.05) is 24.3 Å². The summed E-state index contributed by atoms with van der Waals surface area (Å²) in [5, 5.41) is 23.7. The number of hydrogen-bond donors (Lipinski definition) is 3. The van der Waals surface area contributed by atoms with E-state index in [2.05, 4.69) is 10.3 Å². The van der Waals surface area contributed by atoms with E-state index in [0.29, 0.717) is 10.7 Å². The molecule has 1 atom stereocenters. The summed E-state index contributed by atoms with van der Waals surface area (Å²) in [6, 6.07) is 12.7.